The van der Waals surface area contributed by atoms with Crippen molar-refractivity contribution in [2.75, 3.05) is 13.7 Å². The summed E-state index contributed by atoms with van der Waals surface area (Å²) in [6, 6.07) is 3.95. The third-order valence-electron chi connectivity index (χ3n) is 2.46. The zero-order valence-corrected chi connectivity index (χ0v) is 10.1. The molecule has 0 saturated carbocycles. The lowest BCUT2D eigenvalue weighted by Crippen LogP contribution is -2.02. The number of hydrogen-bond donors (Lipinski definition) is 2. The van der Waals surface area contributed by atoms with Crippen LogP contribution in [0.15, 0.2) is 22.8 Å². The zero-order valence-electron chi connectivity index (χ0n) is 8.51. The van der Waals surface area contributed by atoms with E-state index in [0.29, 0.717) is 6.54 Å². The van der Waals surface area contributed by atoms with Crippen molar-refractivity contribution >= 4 is 26.8 Å². The van der Waals surface area contributed by atoms with Crippen molar-refractivity contribution in [3.8, 4) is 5.75 Å². The molecule has 0 bridgehead atoms. The van der Waals surface area contributed by atoms with E-state index < -0.39 is 0 Å². The normalized spacial score (nSPS) is 10.9. The Morgan fingerprint density at radius 3 is 2.93 bits per heavy atom. The van der Waals surface area contributed by atoms with Crippen molar-refractivity contribution in [1.29, 1.82) is 0 Å². The van der Waals surface area contributed by atoms with Crippen LogP contribution in [0.1, 0.15) is 5.56 Å². The summed E-state index contributed by atoms with van der Waals surface area (Å²) in [5.74, 6) is 0.848. The number of nitrogens with two attached hydrogens (primary N) is 1. The quantitative estimate of drug-likeness (QED) is 0.899. The third kappa shape index (κ3) is 1.75. The number of methoxy groups -OCH3 is 1. The van der Waals surface area contributed by atoms with Crippen LogP contribution in [0.25, 0.3) is 10.9 Å². The minimum absolute atomic E-state index is 0.649. The number of ether oxygens (including phenoxy) is 1. The van der Waals surface area contributed by atoms with E-state index in [1.165, 1.54) is 10.9 Å². The van der Waals surface area contributed by atoms with Gasteiger partial charge in [-0.1, -0.05) is 0 Å². The van der Waals surface area contributed by atoms with Gasteiger partial charge in [-0.05, 0) is 46.6 Å². The molecule has 0 aliphatic carbocycles. The summed E-state index contributed by atoms with van der Waals surface area (Å²) in [7, 11) is 1.67. The first-order valence-corrected chi connectivity index (χ1v) is 5.59. The van der Waals surface area contributed by atoms with Gasteiger partial charge in [-0.2, -0.15) is 0 Å². The number of aromatic nitrogens is 1. The molecule has 0 fully saturated rings. The van der Waals surface area contributed by atoms with Gasteiger partial charge < -0.3 is 15.5 Å². The second-order valence-electron chi connectivity index (χ2n) is 3.36. The standard InChI is InChI=1S/C11H13BrN2O/c1-15-9-3-2-8-10(11(9)12)7(4-5-13)6-14-8/h2-3,6,14H,4-5,13H2,1H3. The highest BCUT2D eigenvalue weighted by Gasteiger charge is 2.10. The van der Waals surface area contributed by atoms with Crippen molar-refractivity contribution in [3.05, 3.63) is 28.4 Å². The van der Waals surface area contributed by atoms with Gasteiger partial charge >= 0.3 is 0 Å². The molecule has 2 rings (SSSR count). The molecule has 0 aliphatic rings. The van der Waals surface area contributed by atoms with Crippen LogP contribution in [0.3, 0.4) is 0 Å². The number of nitrogens with one attached hydrogen (secondary N) is 1. The van der Waals surface area contributed by atoms with Gasteiger partial charge in [-0.25, -0.2) is 0 Å². The van der Waals surface area contributed by atoms with E-state index in [-0.39, 0.29) is 0 Å². The Morgan fingerprint density at radius 2 is 2.27 bits per heavy atom. The van der Waals surface area contributed by atoms with Crippen LogP contribution in [0.2, 0.25) is 0 Å². The van der Waals surface area contributed by atoms with E-state index >= 15 is 0 Å². The van der Waals surface area contributed by atoms with Gasteiger partial charge in [-0.3, -0.25) is 0 Å². The summed E-state index contributed by atoms with van der Waals surface area (Å²) in [6.07, 6.45) is 2.87. The lowest BCUT2D eigenvalue weighted by atomic mass is 10.1. The highest BCUT2D eigenvalue weighted by molar-refractivity contribution is 9.10. The van der Waals surface area contributed by atoms with Gasteiger partial charge in [0.25, 0.3) is 0 Å². The van der Waals surface area contributed by atoms with Gasteiger partial charge in [0, 0.05) is 17.1 Å². The van der Waals surface area contributed by atoms with Crippen molar-refractivity contribution in [3.63, 3.8) is 0 Å². The molecule has 0 atom stereocenters. The molecule has 0 saturated heterocycles. The predicted octanol–water partition coefficient (Wildman–Crippen LogP) is 2.44. The smallest absolute Gasteiger partial charge is 0.133 e. The first-order valence-electron chi connectivity index (χ1n) is 4.80. The lowest BCUT2D eigenvalue weighted by Gasteiger charge is -2.05. The average Bonchev–Trinajstić information content (AvgIpc) is 2.64. The maximum absolute atomic E-state index is 5.57. The number of benzene rings is 1. The fourth-order valence-corrected chi connectivity index (χ4v) is 2.50. The summed E-state index contributed by atoms with van der Waals surface area (Å²) in [5.41, 5.74) is 7.89. The third-order valence-corrected chi connectivity index (χ3v) is 3.25. The zero-order chi connectivity index (χ0) is 10.8. The molecule has 4 heteroatoms. The molecule has 3 nitrogen and oxygen atoms in total. The van der Waals surface area contributed by atoms with Crippen LogP contribution < -0.4 is 10.5 Å². The number of fused-ring (bicyclic) bond motifs is 1. The van der Waals surface area contributed by atoms with E-state index in [1.54, 1.807) is 7.11 Å². The molecular weight excluding hydrogens is 256 g/mol. The van der Waals surface area contributed by atoms with E-state index in [2.05, 4.69) is 20.9 Å². The summed E-state index contributed by atoms with van der Waals surface area (Å²) in [4.78, 5) is 3.22. The molecule has 2 aromatic rings. The van der Waals surface area contributed by atoms with Crippen molar-refractivity contribution in [1.82, 2.24) is 4.98 Å². The number of rotatable bonds is 3. The minimum Gasteiger partial charge on any atom is -0.496 e. The topological polar surface area (TPSA) is 51.0 Å². The second kappa shape index (κ2) is 4.24. The van der Waals surface area contributed by atoms with E-state index in [4.69, 9.17) is 10.5 Å². The molecule has 1 aromatic carbocycles. The Labute approximate surface area is 96.7 Å². The molecule has 0 unspecified atom stereocenters. The predicted molar refractivity (Wildman–Crippen MR) is 65.3 cm³/mol. The molecule has 3 N–H and O–H groups in total. The highest BCUT2D eigenvalue weighted by atomic mass is 79.9. The number of halogens is 1. The Hall–Kier alpha value is -1.00. The fraction of sp³-hybridized carbons (Fsp3) is 0.273. The van der Waals surface area contributed by atoms with Crippen molar-refractivity contribution < 1.29 is 4.74 Å². The number of aromatic amines is 1. The summed E-state index contributed by atoms with van der Waals surface area (Å²) < 4.78 is 6.26. The molecule has 80 valence electrons. The molecule has 15 heavy (non-hydrogen) atoms. The van der Waals surface area contributed by atoms with Gasteiger partial charge in [0.05, 0.1) is 11.6 Å². The van der Waals surface area contributed by atoms with Crippen LogP contribution in [0, 0.1) is 0 Å². The molecule has 0 spiro atoms. The Bertz CT molecular complexity index is 479. The monoisotopic (exact) mass is 268 g/mol. The largest absolute Gasteiger partial charge is 0.496 e. The van der Waals surface area contributed by atoms with Gasteiger partial charge in [0.15, 0.2) is 0 Å². The van der Waals surface area contributed by atoms with Crippen LogP contribution in [0.5, 0.6) is 5.75 Å². The minimum atomic E-state index is 0.649. The lowest BCUT2D eigenvalue weighted by molar-refractivity contribution is 0.413. The molecule has 0 radical (unpaired) electrons. The summed E-state index contributed by atoms with van der Waals surface area (Å²) in [5, 5.41) is 1.17. The Kier molecular flexibility index (Phi) is 2.98. The molecule has 1 heterocycles. The average molecular weight is 269 g/mol. The van der Waals surface area contributed by atoms with Crippen LogP contribution in [-0.4, -0.2) is 18.6 Å². The van der Waals surface area contributed by atoms with Crippen molar-refractivity contribution in [2.45, 2.75) is 6.42 Å². The summed E-state index contributed by atoms with van der Waals surface area (Å²) >= 11 is 3.56. The number of hydrogen-bond acceptors (Lipinski definition) is 2. The van der Waals surface area contributed by atoms with Crippen molar-refractivity contribution in [2.24, 2.45) is 5.73 Å². The van der Waals surface area contributed by atoms with Crippen LogP contribution in [-0.2, 0) is 6.42 Å². The molecular formula is C11H13BrN2O. The Morgan fingerprint density at radius 1 is 1.47 bits per heavy atom. The number of H-pyrrole nitrogens is 1. The summed E-state index contributed by atoms with van der Waals surface area (Å²) in [6.45, 7) is 0.649. The maximum Gasteiger partial charge on any atom is 0.133 e. The van der Waals surface area contributed by atoms with E-state index in [1.807, 2.05) is 18.3 Å². The van der Waals surface area contributed by atoms with Gasteiger partial charge in [-0.15, -0.1) is 0 Å². The SMILES string of the molecule is COc1ccc2[nH]cc(CCN)c2c1Br. The molecule has 0 aliphatic heterocycles. The molecule has 0 amide bonds. The van der Waals surface area contributed by atoms with Gasteiger partial charge in [0.2, 0.25) is 0 Å². The fourth-order valence-electron chi connectivity index (χ4n) is 1.74. The first kappa shape index (κ1) is 10.5. The van der Waals surface area contributed by atoms with E-state index in [9.17, 15) is 0 Å². The van der Waals surface area contributed by atoms with E-state index in [0.717, 1.165) is 22.2 Å². The highest BCUT2D eigenvalue weighted by Crippen LogP contribution is 2.34. The van der Waals surface area contributed by atoms with Crippen LogP contribution >= 0.6 is 15.9 Å². The second-order valence-corrected chi connectivity index (χ2v) is 4.15. The Balaban J connectivity index is 2.65. The van der Waals surface area contributed by atoms with Crippen LogP contribution in [0.4, 0.5) is 0 Å². The van der Waals surface area contributed by atoms with Gasteiger partial charge in [0.1, 0.15) is 5.75 Å². The maximum atomic E-state index is 5.57. The first-order chi connectivity index (χ1) is 7.27. The molecule has 1 aromatic heterocycles.